The summed E-state index contributed by atoms with van der Waals surface area (Å²) < 4.78 is 34.4. The maximum absolute atomic E-state index is 12.9. The molecule has 1 aliphatic rings. The lowest BCUT2D eigenvalue weighted by molar-refractivity contribution is 0.0730. The zero-order valence-electron chi connectivity index (χ0n) is 16.6. The number of nitrogens with zero attached hydrogens (tertiary/aromatic N) is 2. The molecule has 1 N–H and O–H groups in total. The molecule has 1 aliphatic heterocycles. The molecule has 0 aliphatic carbocycles. The van der Waals surface area contributed by atoms with E-state index in [0.717, 1.165) is 11.3 Å². The highest BCUT2D eigenvalue weighted by molar-refractivity contribution is 7.89. The van der Waals surface area contributed by atoms with Crippen molar-refractivity contribution in [3.63, 3.8) is 0 Å². The van der Waals surface area contributed by atoms with Crippen LogP contribution >= 0.6 is 0 Å². The van der Waals surface area contributed by atoms with Crippen molar-refractivity contribution in [1.29, 1.82) is 0 Å². The minimum absolute atomic E-state index is 0.159. The molecule has 0 unspecified atom stereocenters. The van der Waals surface area contributed by atoms with Gasteiger partial charge in [0.15, 0.2) is 0 Å². The summed E-state index contributed by atoms with van der Waals surface area (Å²) in [6, 6.07) is 15.9. The van der Waals surface area contributed by atoms with Crippen LogP contribution in [0.1, 0.15) is 15.9 Å². The Labute approximate surface area is 175 Å². The average molecular weight is 426 g/mol. The molecule has 0 bridgehead atoms. The van der Waals surface area contributed by atoms with E-state index in [1.165, 1.54) is 10.4 Å². The highest BCUT2D eigenvalue weighted by Gasteiger charge is 2.27. The van der Waals surface area contributed by atoms with E-state index in [1.54, 1.807) is 24.3 Å². The molecule has 0 atom stereocenters. The third-order valence-corrected chi connectivity index (χ3v) is 6.97. The van der Waals surface area contributed by atoms with Crippen LogP contribution in [0.3, 0.4) is 0 Å². The predicted octanol–water partition coefficient (Wildman–Crippen LogP) is 3.06. The minimum Gasteiger partial charge on any atom is -0.379 e. The number of ether oxygens (including phenoxy) is 1. The molecule has 1 amide bonds. The Morgan fingerprint density at radius 2 is 1.73 bits per heavy atom. The number of anilines is 1. The number of morpholine rings is 1. The van der Waals surface area contributed by atoms with Gasteiger partial charge < -0.3 is 14.6 Å². The van der Waals surface area contributed by atoms with Crippen molar-refractivity contribution in [2.45, 2.75) is 11.8 Å². The first-order chi connectivity index (χ1) is 14.4. The van der Waals surface area contributed by atoms with Crippen molar-refractivity contribution in [2.75, 3.05) is 31.6 Å². The molecule has 0 radical (unpaired) electrons. The van der Waals surface area contributed by atoms with E-state index in [1.807, 2.05) is 48.1 Å². The second kappa shape index (κ2) is 8.43. The Balaban J connectivity index is 1.58. The lowest BCUT2D eigenvalue weighted by Crippen LogP contribution is -2.40. The lowest BCUT2D eigenvalue weighted by atomic mass is 10.1. The van der Waals surface area contributed by atoms with Crippen LogP contribution in [0.5, 0.6) is 0 Å². The number of sulfonamides is 1. The first-order valence-corrected chi connectivity index (χ1v) is 11.1. The average Bonchev–Trinajstić information content (AvgIpc) is 3.31. The number of rotatable bonds is 5. The van der Waals surface area contributed by atoms with Gasteiger partial charge in [-0.1, -0.05) is 12.1 Å². The fourth-order valence-corrected chi connectivity index (χ4v) is 4.78. The summed E-state index contributed by atoms with van der Waals surface area (Å²) >= 11 is 0. The van der Waals surface area contributed by atoms with Gasteiger partial charge in [-0.25, -0.2) is 8.42 Å². The summed E-state index contributed by atoms with van der Waals surface area (Å²) in [4.78, 5) is 13.0. The fourth-order valence-electron chi connectivity index (χ4n) is 3.34. The van der Waals surface area contributed by atoms with Gasteiger partial charge in [-0.05, 0) is 55.0 Å². The molecule has 2 heterocycles. The van der Waals surface area contributed by atoms with Crippen molar-refractivity contribution in [1.82, 2.24) is 8.87 Å². The van der Waals surface area contributed by atoms with Gasteiger partial charge in [-0.2, -0.15) is 4.31 Å². The molecular formula is C22H23N3O4S. The van der Waals surface area contributed by atoms with Gasteiger partial charge in [0, 0.05) is 42.4 Å². The maximum atomic E-state index is 12.9. The Morgan fingerprint density at radius 1 is 1.00 bits per heavy atom. The second-order valence-corrected chi connectivity index (χ2v) is 9.03. The molecule has 8 heteroatoms. The zero-order chi connectivity index (χ0) is 21.1. The van der Waals surface area contributed by atoms with Crippen LogP contribution in [0.15, 0.2) is 71.9 Å². The molecule has 3 aromatic rings. The predicted molar refractivity (Wildman–Crippen MR) is 114 cm³/mol. The second-order valence-electron chi connectivity index (χ2n) is 7.09. The molecule has 156 valence electrons. The number of aromatic nitrogens is 1. The van der Waals surface area contributed by atoms with Crippen molar-refractivity contribution in [2.24, 2.45) is 0 Å². The van der Waals surface area contributed by atoms with Gasteiger partial charge in [0.2, 0.25) is 10.0 Å². The van der Waals surface area contributed by atoms with E-state index in [4.69, 9.17) is 4.74 Å². The smallest absolute Gasteiger partial charge is 0.255 e. The minimum atomic E-state index is -3.64. The third-order valence-electron chi connectivity index (χ3n) is 5.08. The van der Waals surface area contributed by atoms with Crippen LogP contribution in [0.4, 0.5) is 5.69 Å². The molecule has 0 spiro atoms. The van der Waals surface area contributed by atoms with E-state index in [-0.39, 0.29) is 10.8 Å². The van der Waals surface area contributed by atoms with E-state index in [2.05, 4.69) is 5.32 Å². The van der Waals surface area contributed by atoms with Crippen LogP contribution in [0.25, 0.3) is 5.69 Å². The zero-order valence-corrected chi connectivity index (χ0v) is 17.4. The van der Waals surface area contributed by atoms with E-state index in [9.17, 15) is 13.2 Å². The molecule has 7 nitrogen and oxygen atoms in total. The number of aryl methyl sites for hydroxylation is 1. The summed E-state index contributed by atoms with van der Waals surface area (Å²) in [5.74, 6) is -0.298. The number of benzene rings is 2. The van der Waals surface area contributed by atoms with E-state index < -0.39 is 10.0 Å². The van der Waals surface area contributed by atoms with Gasteiger partial charge in [-0.15, -0.1) is 0 Å². The number of hydrogen-bond acceptors (Lipinski definition) is 4. The number of carbonyl (C=O) groups is 1. The van der Waals surface area contributed by atoms with Gasteiger partial charge >= 0.3 is 0 Å². The summed E-state index contributed by atoms with van der Waals surface area (Å²) in [7, 11) is -3.64. The number of hydrogen-bond donors (Lipinski definition) is 1. The fraction of sp³-hybridized carbons (Fsp3) is 0.227. The molecule has 30 heavy (non-hydrogen) atoms. The number of amides is 1. The Bertz CT molecular complexity index is 1150. The standard InChI is InChI=1S/C22H23N3O4S/c1-17-7-8-20(30(27,28)25-11-13-29-14-12-25)16-21(17)23-22(26)18-5-4-6-19(15-18)24-9-2-3-10-24/h2-10,15-16H,11-14H2,1H3,(H,23,26). The molecule has 2 aromatic carbocycles. The van der Waals surface area contributed by atoms with Crippen LogP contribution < -0.4 is 5.32 Å². The normalized spacial score (nSPS) is 15.1. The monoisotopic (exact) mass is 425 g/mol. The molecule has 1 saturated heterocycles. The number of nitrogens with one attached hydrogen (secondary N) is 1. The van der Waals surface area contributed by atoms with E-state index in [0.29, 0.717) is 37.6 Å². The largest absolute Gasteiger partial charge is 0.379 e. The highest BCUT2D eigenvalue weighted by Crippen LogP contribution is 2.24. The summed E-state index contributed by atoms with van der Waals surface area (Å²) in [6.45, 7) is 3.24. The molecular weight excluding hydrogens is 402 g/mol. The topological polar surface area (TPSA) is 80.6 Å². The highest BCUT2D eigenvalue weighted by atomic mass is 32.2. The Morgan fingerprint density at radius 3 is 2.47 bits per heavy atom. The first kappa shape index (κ1) is 20.3. The molecule has 1 fully saturated rings. The molecule has 0 saturated carbocycles. The van der Waals surface area contributed by atoms with Crippen LogP contribution in [-0.4, -0.2) is 49.5 Å². The van der Waals surface area contributed by atoms with Crippen molar-refractivity contribution in [3.05, 3.63) is 78.1 Å². The third kappa shape index (κ3) is 4.16. The van der Waals surface area contributed by atoms with Gasteiger partial charge in [0.25, 0.3) is 5.91 Å². The Hall–Kier alpha value is -2.94. The summed E-state index contributed by atoms with van der Waals surface area (Å²) in [5, 5.41) is 2.86. The number of carbonyl (C=O) groups excluding carboxylic acids is 1. The SMILES string of the molecule is Cc1ccc(S(=O)(=O)N2CCOCC2)cc1NC(=O)c1cccc(-n2cccc2)c1. The first-order valence-electron chi connectivity index (χ1n) is 9.68. The summed E-state index contributed by atoms with van der Waals surface area (Å²) in [6.07, 6.45) is 3.81. The van der Waals surface area contributed by atoms with Gasteiger partial charge in [-0.3, -0.25) is 4.79 Å². The molecule has 1 aromatic heterocycles. The van der Waals surface area contributed by atoms with Crippen molar-refractivity contribution >= 4 is 21.6 Å². The van der Waals surface area contributed by atoms with Crippen LogP contribution in [0.2, 0.25) is 0 Å². The summed E-state index contributed by atoms with van der Waals surface area (Å²) in [5.41, 5.74) is 2.61. The van der Waals surface area contributed by atoms with Crippen molar-refractivity contribution < 1.29 is 17.9 Å². The van der Waals surface area contributed by atoms with Crippen LogP contribution in [-0.2, 0) is 14.8 Å². The Kier molecular flexibility index (Phi) is 5.72. The van der Waals surface area contributed by atoms with Crippen LogP contribution in [0, 0.1) is 6.92 Å². The maximum Gasteiger partial charge on any atom is 0.255 e. The van der Waals surface area contributed by atoms with Gasteiger partial charge in [0.1, 0.15) is 0 Å². The molecule has 4 rings (SSSR count). The van der Waals surface area contributed by atoms with Crippen molar-refractivity contribution in [3.8, 4) is 5.69 Å². The van der Waals surface area contributed by atoms with Gasteiger partial charge in [0.05, 0.1) is 18.1 Å². The lowest BCUT2D eigenvalue weighted by Gasteiger charge is -2.26. The van der Waals surface area contributed by atoms with E-state index >= 15 is 0 Å². The quantitative estimate of drug-likeness (QED) is 0.681.